The number of hydrogen-bond donors (Lipinski definition) is 2. The van der Waals surface area contributed by atoms with Crippen LogP contribution in [0, 0.1) is 10.1 Å². The summed E-state index contributed by atoms with van der Waals surface area (Å²) in [5, 5.41) is 18.3. The summed E-state index contributed by atoms with van der Waals surface area (Å²) in [4.78, 5) is 10.8. The number of ether oxygens (including phenoxy) is 1. The first-order valence-electron chi connectivity index (χ1n) is 6.45. The van der Waals surface area contributed by atoms with Gasteiger partial charge in [0.1, 0.15) is 11.5 Å². The largest absolute Gasteiger partial charge is 0.487 e. The molecular weight excluding hydrogens is 274 g/mol. The maximum atomic E-state index is 11.2. The predicted octanol–water partition coefficient (Wildman–Crippen LogP) is 1.92. The fourth-order valence-electron chi connectivity index (χ4n) is 1.94. The maximum absolute atomic E-state index is 11.2. The molecule has 3 N–H and O–H groups in total. The van der Waals surface area contributed by atoms with Crippen LogP contribution < -0.4 is 15.8 Å². The smallest absolute Gasteiger partial charge is 0.333 e. The van der Waals surface area contributed by atoms with Crippen molar-refractivity contribution in [3.63, 3.8) is 0 Å². The molecule has 2 rings (SSSR count). The Kier molecular flexibility index (Phi) is 4.27. The molecule has 0 spiro atoms. The molecule has 1 aromatic heterocycles. The SMILES string of the molecule is CCOc1cccc(NCc2cnn(C)c2N)c1[N+](=O)[O-]. The van der Waals surface area contributed by atoms with Crippen LogP contribution in [-0.2, 0) is 13.6 Å². The summed E-state index contributed by atoms with van der Waals surface area (Å²) < 4.78 is 6.84. The molecule has 1 aromatic carbocycles. The third kappa shape index (κ3) is 3.04. The highest BCUT2D eigenvalue weighted by Gasteiger charge is 2.21. The Labute approximate surface area is 121 Å². The molecule has 2 aromatic rings. The van der Waals surface area contributed by atoms with E-state index in [0.29, 0.717) is 24.7 Å². The molecule has 21 heavy (non-hydrogen) atoms. The zero-order chi connectivity index (χ0) is 15.4. The first-order chi connectivity index (χ1) is 10.0. The molecule has 0 saturated carbocycles. The Morgan fingerprint density at radius 1 is 1.52 bits per heavy atom. The number of para-hydroxylation sites is 1. The number of nitrogen functional groups attached to an aromatic ring is 1. The standard InChI is InChI=1S/C13H17N5O3/c1-3-21-11-6-4-5-10(12(11)18(19)20)15-7-9-8-16-17(2)13(9)14/h4-6,8,15H,3,7,14H2,1-2H3. The molecule has 112 valence electrons. The zero-order valence-electron chi connectivity index (χ0n) is 11.9. The summed E-state index contributed by atoms with van der Waals surface area (Å²) in [5.41, 5.74) is 6.92. The number of nitrogens with one attached hydrogen (secondary N) is 1. The van der Waals surface area contributed by atoms with Gasteiger partial charge in [-0.15, -0.1) is 0 Å². The minimum Gasteiger partial charge on any atom is -0.487 e. The number of nitro groups is 1. The van der Waals surface area contributed by atoms with Gasteiger partial charge in [-0.1, -0.05) is 6.07 Å². The number of nitrogens with zero attached hydrogens (tertiary/aromatic N) is 3. The van der Waals surface area contributed by atoms with E-state index in [1.807, 2.05) is 0 Å². The summed E-state index contributed by atoms with van der Waals surface area (Å²) in [6.45, 7) is 2.48. The van der Waals surface area contributed by atoms with Gasteiger partial charge in [-0.3, -0.25) is 14.8 Å². The van der Waals surface area contributed by atoms with Gasteiger partial charge >= 0.3 is 5.69 Å². The quantitative estimate of drug-likeness (QED) is 0.621. The molecular formula is C13H17N5O3. The third-order valence-corrected chi connectivity index (χ3v) is 3.02. The highest BCUT2D eigenvalue weighted by Crippen LogP contribution is 2.35. The van der Waals surface area contributed by atoms with Crippen LogP contribution in [-0.4, -0.2) is 21.3 Å². The van der Waals surface area contributed by atoms with E-state index >= 15 is 0 Å². The summed E-state index contributed by atoms with van der Waals surface area (Å²) in [7, 11) is 1.73. The molecule has 0 fully saturated rings. The fourth-order valence-corrected chi connectivity index (χ4v) is 1.94. The van der Waals surface area contributed by atoms with Crippen molar-refractivity contribution < 1.29 is 9.66 Å². The molecule has 8 heteroatoms. The minimum absolute atomic E-state index is 0.0817. The molecule has 0 bridgehead atoms. The number of aromatic nitrogens is 2. The molecule has 0 amide bonds. The molecule has 0 aliphatic heterocycles. The first-order valence-corrected chi connectivity index (χ1v) is 6.45. The molecule has 0 aliphatic carbocycles. The van der Waals surface area contributed by atoms with Gasteiger partial charge in [-0.2, -0.15) is 5.10 Å². The monoisotopic (exact) mass is 291 g/mol. The van der Waals surface area contributed by atoms with Crippen molar-refractivity contribution in [1.29, 1.82) is 0 Å². The maximum Gasteiger partial charge on any atom is 0.333 e. The highest BCUT2D eigenvalue weighted by atomic mass is 16.6. The van der Waals surface area contributed by atoms with E-state index in [2.05, 4.69) is 10.4 Å². The van der Waals surface area contributed by atoms with E-state index in [-0.39, 0.29) is 11.4 Å². The number of anilines is 2. The van der Waals surface area contributed by atoms with Crippen LogP contribution >= 0.6 is 0 Å². The van der Waals surface area contributed by atoms with Crippen molar-refractivity contribution in [1.82, 2.24) is 9.78 Å². The fraction of sp³-hybridized carbons (Fsp3) is 0.308. The van der Waals surface area contributed by atoms with Gasteiger partial charge in [-0.25, -0.2) is 0 Å². The molecule has 0 saturated heterocycles. The molecule has 0 unspecified atom stereocenters. The van der Waals surface area contributed by atoms with Crippen LogP contribution in [0.1, 0.15) is 12.5 Å². The van der Waals surface area contributed by atoms with Crippen LogP contribution in [0.4, 0.5) is 17.2 Å². The van der Waals surface area contributed by atoms with Crippen molar-refractivity contribution in [3.05, 3.63) is 40.1 Å². The van der Waals surface area contributed by atoms with Gasteiger partial charge in [0.15, 0.2) is 5.75 Å². The Bertz CT molecular complexity index is 653. The van der Waals surface area contributed by atoms with Gasteiger partial charge in [0, 0.05) is 19.2 Å². The van der Waals surface area contributed by atoms with Crippen LogP contribution in [0.3, 0.4) is 0 Å². The van der Waals surface area contributed by atoms with Crippen LogP contribution in [0.25, 0.3) is 0 Å². The lowest BCUT2D eigenvalue weighted by molar-refractivity contribution is -0.384. The Balaban J connectivity index is 2.25. The second-order valence-corrected chi connectivity index (χ2v) is 4.37. The van der Waals surface area contributed by atoms with Gasteiger partial charge in [-0.05, 0) is 19.1 Å². The lowest BCUT2D eigenvalue weighted by Gasteiger charge is -2.10. The molecule has 8 nitrogen and oxygen atoms in total. The van der Waals surface area contributed by atoms with Crippen molar-refractivity contribution >= 4 is 17.2 Å². The van der Waals surface area contributed by atoms with Crippen molar-refractivity contribution in [2.24, 2.45) is 7.05 Å². The zero-order valence-corrected chi connectivity index (χ0v) is 11.9. The highest BCUT2D eigenvalue weighted by molar-refractivity contribution is 5.68. The van der Waals surface area contributed by atoms with Gasteiger partial charge in [0.05, 0.1) is 17.7 Å². The van der Waals surface area contributed by atoms with Crippen LogP contribution in [0.15, 0.2) is 24.4 Å². The normalized spacial score (nSPS) is 10.4. The number of benzene rings is 1. The molecule has 0 radical (unpaired) electrons. The average molecular weight is 291 g/mol. The summed E-state index contributed by atoms with van der Waals surface area (Å²) in [5.74, 6) is 0.762. The Hall–Kier alpha value is -2.77. The predicted molar refractivity (Wildman–Crippen MR) is 79.2 cm³/mol. The summed E-state index contributed by atoms with van der Waals surface area (Å²) in [6.07, 6.45) is 1.63. The van der Waals surface area contributed by atoms with Crippen LogP contribution in [0.2, 0.25) is 0 Å². The van der Waals surface area contributed by atoms with Gasteiger partial charge in [0.2, 0.25) is 0 Å². The van der Waals surface area contributed by atoms with Crippen LogP contribution in [0.5, 0.6) is 5.75 Å². The van der Waals surface area contributed by atoms with E-state index < -0.39 is 4.92 Å². The van der Waals surface area contributed by atoms with E-state index in [1.165, 1.54) is 0 Å². The van der Waals surface area contributed by atoms with Gasteiger partial charge in [0.25, 0.3) is 0 Å². The summed E-state index contributed by atoms with van der Waals surface area (Å²) in [6, 6.07) is 4.91. The van der Waals surface area contributed by atoms with E-state index in [4.69, 9.17) is 10.5 Å². The molecule has 0 atom stereocenters. The number of hydrogen-bond acceptors (Lipinski definition) is 6. The topological polar surface area (TPSA) is 108 Å². The lowest BCUT2D eigenvalue weighted by atomic mass is 10.2. The number of aryl methyl sites for hydroxylation is 1. The van der Waals surface area contributed by atoms with Crippen molar-refractivity contribution in [2.45, 2.75) is 13.5 Å². The lowest BCUT2D eigenvalue weighted by Crippen LogP contribution is -2.06. The van der Waals surface area contributed by atoms with Crippen molar-refractivity contribution in [2.75, 3.05) is 17.7 Å². The minimum atomic E-state index is -0.458. The summed E-state index contributed by atoms with van der Waals surface area (Å²) >= 11 is 0. The average Bonchev–Trinajstić information content (AvgIpc) is 2.76. The second kappa shape index (κ2) is 6.12. The Morgan fingerprint density at radius 2 is 2.29 bits per heavy atom. The van der Waals surface area contributed by atoms with E-state index in [0.717, 1.165) is 5.56 Å². The van der Waals surface area contributed by atoms with Crippen molar-refractivity contribution in [3.8, 4) is 5.75 Å². The molecule has 1 heterocycles. The second-order valence-electron chi connectivity index (χ2n) is 4.37. The number of nitro benzene ring substituents is 1. The number of rotatable bonds is 6. The Morgan fingerprint density at radius 3 is 2.86 bits per heavy atom. The molecule has 0 aliphatic rings. The first kappa shape index (κ1) is 14.6. The van der Waals surface area contributed by atoms with E-state index in [9.17, 15) is 10.1 Å². The van der Waals surface area contributed by atoms with Gasteiger partial charge < -0.3 is 15.8 Å². The van der Waals surface area contributed by atoms with E-state index in [1.54, 1.807) is 43.0 Å². The number of nitrogens with two attached hydrogens (primary N) is 1. The third-order valence-electron chi connectivity index (χ3n) is 3.02.